The lowest BCUT2D eigenvalue weighted by Gasteiger charge is -2.21. The SMILES string of the molecule is CCCCCCCCCCCCCCCCCCC(=O)OC[C@H](COP(=O)(O)OC[C@@H](O)COP(=O)(O)OC[C@@H](COC(=O)CCCCCCCCC(C)CC)OC(=O)CCCCCCCCC(C)CC)OC(=O)CCCCCCCCCCCCCCCCC(C)CC. The van der Waals surface area contributed by atoms with Crippen molar-refractivity contribution in [1.82, 2.24) is 0 Å². The van der Waals surface area contributed by atoms with Crippen molar-refractivity contribution in [1.29, 1.82) is 0 Å². The highest BCUT2D eigenvalue weighted by Crippen LogP contribution is 2.45. The summed E-state index contributed by atoms with van der Waals surface area (Å²) in [6, 6.07) is 0. The molecule has 0 rings (SSSR count). The van der Waals surface area contributed by atoms with E-state index in [9.17, 15) is 43.2 Å². The number of unbranched alkanes of at least 4 members (excludes halogenated alkanes) is 38. The second-order valence-electron chi connectivity index (χ2n) is 27.8. The van der Waals surface area contributed by atoms with E-state index in [1.54, 1.807) is 0 Å². The molecular formula is C75H146O17P2. The van der Waals surface area contributed by atoms with Crippen LogP contribution >= 0.6 is 15.6 Å². The maximum atomic E-state index is 13.1. The summed E-state index contributed by atoms with van der Waals surface area (Å²) in [7, 11) is -9.91. The zero-order valence-corrected chi connectivity index (χ0v) is 63.2. The minimum atomic E-state index is -4.96. The normalized spacial score (nSPS) is 15.0. The molecule has 19 heteroatoms. The molecule has 8 atom stereocenters. The Morgan fingerprint density at radius 2 is 0.511 bits per heavy atom. The third kappa shape index (κ3) is 64.7. The zero-order valence-electron chi connectivity index (χ0n) is 61.4. The Kier molecular flexibility index (Phi) is 64.3. The molecule has 5 unspecified atom stereocenters. The monoisotopic (exact) mass is 1380 g/mol. The van der Waals surface area contributed by atoms with Gasteiger partial charge in [0.05, 0.1) is 26.4 Å². The van der Waals surface area contributed by atoms with Crippen LogP contribution in [0.2, 0.25) is 0 Å². The first-order valence-electron chi connectivity index (χ1n) is 39.0. The molecule has 0 aliphatic carbocycles. The summed E-state index contributed by atoms with van der Waals surface area (Å²) in [5.41, 5.74) is 0. The number of phosphoric ester groups is 2. The summed E-state index contributed by atoms with van der Waals surface area (Å²) in [5, 5.41) is 10.6. The Bertz CT molecular complexity index is 1840. The highest BCUT2D eigenvalue weighted by molar-refractivity contribution is 7.47. The second kappa shape index (κ2) is 65.7. The predicted molar refractivity (Wildman–Crippen MR) is 381 cm³/mol. The van der Waals surface area contributed by atoms with Crippen LogP contribution < -0.4 is 0 Å². The van der Waals surface area contributed by atoms with Gasteiger partial charge in [-0.15, -0.1) is 0 Å². The number of carbonyl (C=O) groups is 4. The zero-order chi connectivity index (χ0) is 69.4. The smallest absolute Gasteiger partial charge is 0.462 e. The van der Waals surface area contributed by atoms with Gasteiger partial charge in [-0.3, -0.25) is 37.3 Å². The molecule has 0 aromatic heterocycles. The van der Waals surface area contributed by atoms with Crippen molar-refractivity contribution >= 4 is 39.5 Å². The lowest BCUT2D eigenvalue weighted by Crippen LogP contribution is -2.30. The number of rotatable bonds is 73. The average molecular weight is 1380 g/mol. The van der Waals surface area contributed by atoms with Gasteiger partial charge in [-0.25, -0.2) is 9.13 Å². The summed E-state index contributed by atoms with van der Waals surface area (Å²) >= 11 is 0. The van der Waals surface area contributed by atoms with Crippen molar-refractivity contribution in [2.24, 2.45) is 17.8 Å². The molecule has 17 nitrogen and oxygen atoms in total. The summed E-state index contributed by atoms with van der Waals surface area (Å²) in [6.07, 6.45) is 51.4. The molecule has 558 valence electrons. The largest absolute Gasteiger partial charge is 0.472 e. The fourth-order valence-electron chi connectivity index (χ4n) is 11.3. The van der Waals surface area contributed by atoms with Gasteiger partial charge in [-0.2, -0.15) is 0 Å². The lowest BCUT2D eigenvalue weighted by atomic mass is 9.99. The summed E-state index contributed by atoms with van der Waals surface area (Å²) in [4.78, 5) is 72.7. The number of ether oxygens (including phenoxy) is 4. The van der Waals surface area contributed by atoms with Gasteiger partial charge in [0.2, 0.25) is 0 Å². The van der Waals surface area contributed by atoms with Gasteiger partial charge >= 0.3 is 39.5 Å². The number of carbonyl (C=O) groups excluding carboxylic acids is 4. The third-order valence-corrected chi connectivity index (χ3v) is 20.4. The number of phosphoric acid groups is 2. The second-order valence-corrected chi connectivity index (χ2v) is 30.7. The van der Waals surface area contributed by atoms with Crippen LogP contribution in [-0.2, 0) is 65.4 Å². The summed E-state index contributed by atoms with van der Waals surface area (Å²) < 4.78 is 68.5. The minimum absolute atomic E-state index is 0.102. The van der Waals surface area contributed by atoms with E-state index in [1.807, 2.05) is 0 Å². The number of hydrogen-bond acceptors (Lipinski definition) is 15. The Labute approximate surface area is 575 Å². The molecule has 0 aliphatic rings. The fourth-order valence-corrected chi connectivity index (χ4v) is 12.9. The molecule has 0 aliphatic heterocycles. The van der Waals surface area contributed by atoms with Crippen molar-refractivity contribution in [2.45, 2.75) is 401 Å². The minimum Gasteiger partial charge on any atom is -0.462 e. The van der Waals surface area contributed by atoms with E-state index >= 15 is 0 Å². The maximum Gasteiger partial charge on any atom is 0.472 e. The highest BCUT2D eigenvalue weighted by Gasteiger charge is 2.30. The van der Waals surface area contributed by atoms with Crippen LogP contribution in [0.5, 0.6) is 0 Å². The van der Waals surface area contributed by atoms with Gasteiger partial charge in [-0.05, 0) is 43.4 Å². The number of esters is 4. The van der Waals surface area contributed by atoms with Gasteiger partial charge < -0.3 is 33.8 Å². The van der Waals surface area contributed by atoms with E-state index in [0.717, 1.165) is 114 Å². The first kappa shape index (κ1) is 92.1. The van der Waals surface area contributed by atoms with Crippen molar-refractivity contribution in [3.05, 3.63) is 0 Å². The van der Waals surface area contributed by atoms with Gasteiger partial charge in [0.25, 0.3) is 0 Å². The maximum absolute atomic E-state index is 13.1. The number of aliphatic hydroxyl groups excluding tert-OH is 1. The van der Waals surface area contributed by atoms with Crippen LogP contribution in [0.1, 0.15) is 382 Å². The van der Waals surface area contributed by atoms with Crippen molar-refractivity contribution in [2.75, 3.05) is 39.6 Å². The lowest BCUT2D eigenvalue weighted by molar-refractivity contribution is -0.161. The van der Waals surface area contributed by atoms with Gasteiger partial charge in [-0.1, -0.05) is 331 Å². The van der Waals surface area contributed by atoms with Crippen LogP contribution in [0.4, 0.5) is 0 Å². The standard InChI is InChI=1S/C75H146O17P2/c1-8-12-13-14-15-16-17-18-19-20-24-27-30-33-42-49-56-72(77)85-62-70(91-74(79)58-51-44-34-31-28-25-22-21-23-26-29-32-39-46-53-66(5)9-2)64-89-93(81,82)87-60-69(76)61-88-94(83,84)90-65-71(92-75(80)59-52-45-38-36-41-48-55-68(7)11-4)63-86-73(78)57-50-43-37-35-40-47-54-67(6)10-3/h66-71,76H,8-65H2,1-7H3,(H,81,82)(H,83,84)/t66?,67?,68?,69-,70-,71-/m1/s1. The van der Waals surface area contributed by atoms with E-state index in [4.69, 9.17) is 37.0 Å². The molecule has 0 amide bonds. The Hall–Kier alpha value is -1.94. The predicted octanol–water partition coefficient (Wildman–Crippen LogP) is 21.8. The molecule has 94 heavy (non-hydrogen) atoms. The molecule has 0 fully saturated rings. The number of aliphatic hydroxyl groups is 1. The quantitative estimate of drug-likeness (QED) is 0.0222. The van der Waals surface area contributed by atoms with E-state index in [-0.39, 0.29) is 25.7 Å². The molecule has 3 N–H and O–H groups in total. The third-order valence-electron chi connectivity index (χ3n) is 18.5. The van der Waals surface area contributed by atoms with Gasteiger partial charge in [0.1, 0.15) is 19.3 Å². The fraction of sp³-hybridized carbons (Fsp3) is 0.947. The Morgan fingerprint density at radius 1 is 0.298 bits per heavy atom. The highest BCUT2D eigenvalue weighted by atomic mass is 31.2. The van der Waals surface area contributed by atoms with Crippen molar-refractivity contribution in [3.8, 4) is 0 Å². The van der Waals surface area contributed by atoms with E-state index in [1.165, 1.54) is 186 Å². The molecule has 0 radical (unpaired) electrons. The van der Waals surface area contributed by atoms with Crippen LogP contribution in [-0.4, -0.2) is 96.7 Å². The topological polar surface area (TPSA) is 237 Å². The van der Waals surface area contributed by atoms with Crippen LogP contribution in [0.15, 0.2) is 0 Å². The molecule has 0 saturated heterocycles. The molecule has 0 saturated carbocycles. The van der Waals surface area contributed by atoms with Crippen molar-refractivity contribution < 1.29 is 80.2 Å². The summed E-state index contributed by atoms with van der Waals surface area (Å²) in [5.74, 6) is 0.174. The van der Waals surface area contributed by atoms with E-state index in [0.29, 0.717) is 25.7 Å². The Balaban J connectivity index is 5.24. The van der Waals surface area contributed by atoms with Crippen LogP contribution in [0.3, 0.4) is 0 Å². The van der Waals surface area contributed by atoms with Gasteiger partial charge in [0.15, 0.2) is 12.2 Å². The molecular weight excluding hydrogens is 1230 g/mol. The van der Waals surface area contributed by atoms with Gasteiger partial charge in [0, 0.05) is 25.7 Å². The Morgan fingerprint density at radius 3 is 0.755 bits per heavy atom. The first-order chi connectivity index (χ1) is 45.3. The number of hydrogen-bond donors (Lipinski definition) is 3. The molecule has 0 spiro atoms. The first-order valence-corrected chi connectivity index (χ1v) is 42.0. The molecule has 0 heterocycles. The van der Waals surface area contributed by atoms with E-state index in [2.05, 4.69) is 48.5 Å². The molecule has 0 aromatic rings. The molecule has 0 aromatic carbocycles. The van der Waals surface area contributed by atoms with Crippen LogP contribution in [0.25, 0.3) is 0 Å². The van der Waals surface area contributed by atoms with Crippen LogP contribution in [0, 0.1) is 17.8 Å². The average Bonchev–Trinajstić information content (AvgIpc) is 1.57. The van der Waals surface area contributed by atoms with E-state index < -0.39 is 97.5 Å². The van der Waals surface area contributed by atoms with Crippen molar-refractivity contribution in [3.63, 3.8) is 0 Å². The summed E-state index contributed by atoms with van der Waals surface area (Å²) in [6.45, 7) is 11.9. The molecule has 0 bridgehead atoms.